The molecule has 0 aliphatic carbocycles. The van der Waals surface area contributed by atoms with E-state index in [9.17, 15) is 4.79 Å². The monoisotopic (exact) mass is 172 g/mol. The molecule has 1 heterocycles. The van der Waals surface area contributed by atoms with Gasteiger partial charge in [0.25, 0.3) is 5.56 Å². The van der Waals surface area contributed by atoms with E-state index in [0.29, 0.717) is 11.2 Å². The molecule has 0 radical (unpaired) electrons. The van der Waals surface area contributed by atoms with Gasteiger partial charge in [-0.15, -0.1) is 0 Å². The summed E-state index contributed by atoms with van der Waals surface area (Å²) >= 11 is 0. The molecule has 13 heavy (non-hydrogen) atoms. The first kappa shape index (κ1) is 7.73. The van der Waals surface area contributed by atoms with Crippen molar-refractivity contribution in [1.82, 2.24) is 4.98 Å². The number of benzene rings is 1. The SMILES string of the molecule is Nc1cccc2nc(=O)cccc12. The van der Waals surface area contributed by atoms with Crippen molar-refractivity contribution in [3.05, 3.63) is 46.8 Å². The molecule has 0 saturated carbocycles. The summed E-state index contributed by atoms with van der Waals surface area (Å²) in [5, 5.41) is 0.810. The van der Waals surface area contributed by atoms with Crippen molar-refractivity contribution in [1.29, 1.82) is 0 Å². The lowest BCUT2D eigenvalue weighted by Gasteiger charge is -1.94. The highest BCUT2D eigenvalue weighted by atomic mass is 16.1. The lowest BCUT2D eigenvalue weighted by Crippen LogP contribution is -1.98. The van der Waals surface area contributed by atoms with E-state index in [-0.39, 0.29) is 5.56 Å². The molecule has 0 amide bonds. The van der Waals surface area contributed by atoms with Gasteiger partial charge in [-0.2, -0.15) is 0 Å². The van der Waals surface area contributed by atoms with Crippen LogP contribution in [-0.2, 0) is 0 Å². The second kappa shape index (κ2) is 2.86. The average Bonchev–Trinajstić information content (AvgIpc) is 2.27. The largest absolute Gasteiger partial charge is 0.398 e. The Kier molecular flexibility index (Phi) is 1.70. The summed E-state index contributed by atoms with van der Waals surface area (Å²) < 4.78 is 0. The van der Waals surface area contributed by atoms with Crippen molar-refractivity contribution in [3.8, 4) is 0 Å². The minimum Gasteiger partial charge on any atom is -0.398 e. The molecule has 1 aromatic heterocycles. The molecule has 0 fully saturated rings. The standard InChI is InChI=1S/C10H8N2O/c11-8-4-2-5-9-7(8)3-1-6-10(13)12-9/h1-6H,11H2. The second-order valence-corrected chi connectivity index (χ2v) is 2.76. The van der Waals surface area contributed by atoms with Crippen LogP contribution in [0.1, 0.15) is 0 Å². The Balaban J connectivity index is 3.00. The number of nitrogens with two attached hydrogens (primary N) is 1. The lowest BCUT2D eigenvalue weighted by molar-refractivity contribution is 1.33. The van der Waals surface area contributed by atoms with Gasteiger partial charge in [0.1, 0.15) is 0 Å². The Bertz CT molecular complexity index is 508. The van der Waals surface area contributed by atoms with Gasteiger partial charge >= 0.3 is 0 Å². The third-order valence-electron chi connectivity index (χ3n) is 1.85. The number of anilines is 1. The molecule has 0 unspecified atom stereocenters. The number of aromatic nitrogens is 1. The maximum absolute atomic E-state index is 11.0. The van der Waals surface area contributed by atoms with E-state index in [1.165, 1.54) is 6.07 Å². The highest BCUT2D eigenvalue weighted by molar-refractivity contribution is 5.89. The van der Waals surface area contributed by atoms with Gasteiger partial charge in [-0.25, -0.2) is 4.98 Å². The fourth-order valence-electron chi connectivity index (χ4n) is 1.23. The molecular formula is C10H8N2O. The maximum Gasteiger partial charge on any atom is 0.270 e. The highest BCUT2D eigenvalue weighted by Gasteiger charge is 1.95. The molecule has 0 aliphatic rings. The first-order chi connectivity index (χ1) is 6.27. The Morgan fingerprint density at radius 2 is 1.85 bits per heavy atom. The van der Waals surface area contributed by atoms with E-state index in [4.69, 9.17) is 5.73 Å². The third-order valence-corrected chi connectivity index (χ3v) is 1.85. The van der Waals surface area contributed by atoms with Gasteiger partial charge in [0.05, 0.1) is 5.52 Å². The van der Waals surface area contributed by atoms with Gasteiger partial charge in [-0.1, -0.05) is 18.2 Å². The van der Waals surface area contributed by atoms with Crippen LogP contribution < -0.4 is 11.3 Å². The summed E-state index contributed by atoms with van der Waals surface area (Å²) in [4.78, 5) is 14.9. The number of fused-ring (bicyclic) bond motifs is 1. The van der Waals surface area contributed by atoms with Crippen LogP contribution in [0.4, 0.5) is 5.69 Å². The van der Waals surface area contributed by atoms with E-state index in [1.807, 2.05) is 0 Å². The van der Waals surface area contributed by atoms with E-state index >= 15 is 0 Å². The third kappa shape index (κ3) is 1.36. The van der Waals surface area contributed by atoms with Gasteiger partial charge < -0.3 is 5.73 Å². The van der Waals surface area contributed by atoms with Crippen molar-refractivity contribution in [2.24, 2.45) is 0 Å². The molecule has 2 rings (SSSR count). The zero-order chi connectivity index (χ0) is 9.26. The van der Waals surface area contributed by atoms with E-state index in [1.54, 1.807) is 30.3 Å². The maximum atomic E-state index is 11.0. The number of rotatable bonds is 0. The summed E-state index contributed by atoms with van der Waals surface area (Å²) in [6.45, 7) is 0. The van der Waals surface area contributed by atoms with Gasteiger partial charge in [-0.3, -0.25) is 4.79 Å². The molecule has 0 saturated heterocycles. The minimum atomic E-state index is -0.249. The lowest BCUT2D eigenvalue weighted by atomic mass is 10.2. The molecule has 0 aliphatic heterocycles. The van der Waals surface area contributed by atoms with E-state index < -0.39 is 0 Å². The first-order valence-electron chi connectivity index (χ1n) is 3.93. The minimum absolute atomic E-state index is 0.249. The molecule has 3 nitrogen and oxygen atoms in total. The van der Waals surface area contributed by atoms with Crippen LogP contribution in [-0.4, -0.2) is 4.98 Å². The normalized spacial score (nSPS) is 10.2. The Labute approximate surface area is 74.8 Å². The molecule has 2 N–H and O–H groups in total. The number of hydrogen-bond donors (Lipinski definition) is 1. The molecule has 64 valence electrons. The van der Waals surface area contributed by atoms with Crippen molar-refractivity contribution in [2.75, 3.05) is 5.73 Å². The summed E-state index contributed by atoms with van der Waals surface area (Å²) in [5.41, 5.74) is 6.74. The Hall–Kier alpha value is -1.90. The highest BCUT2D eigenvalue weighted by Crippen LogP contribution is 2.15. The summed E-state index contributed by atoms with van der Waals surface area (Å²) in [6.07, 6.45) is 0. The van der Waals surface area contributed by atoms with E-state index in [2.05, 4.69) is 4.98 Å². The summed E-state index contributed by atoms with van der Waals surface area (Å²) in [6, 6.07) is 10.2. The van der Waals surface area contributed by atoms with E-state index in [0.717, 1.165) is 5.39 Å². The van der Waals surface area contributed by atoms with Crippen LogP contribution >= 0.6 is 0 Å². The fraction of sp³-hybridized carbons (Fsp3) is 0. The molecule has 1 aromatic carbocycles. The Morgan fingerprint density at radius 3 is 2.69 bits per heavy atom. The Morgan fingerprint density at radius 1 is 1.08 bits per heavy atom. The number of nitrogen functional groups attached to an aromatic ring is 1. The van der Waals surface area contributed by atoms with Crippen LogP contribution in [0.25, 0.3) is 10.9 Å². The quantitative estimate of drug-likeness (QED) is 0.607. The molecule has 0 atom stereocenters. The average molecular weight is 172 g/mol. The summed E-state index contributed by atoms with van der Waals surface area (Å²) in [5.74, 6) is 0. The molecular weight excluding hydrogens is 164 g/mol. The molecule has 0 bridgehead atoms. The van der Waals surface area contributed by atoms with Crippen LogP contribution in [0, 0.1) is 0 Å². The predicted molar refractivity (Wildman–Crippen MR) is 52.4 cm³/mol. The first-order valence-corrected chi connectivity index (χ1v) is 3.93. The van der Waals surface area contributed by atoms with Gasteiger partial charge in [0.2, 0.25) is 0 Å². The number of hydrogen-bond acceptors (Lipinski definition) is 3. The predicted octanol–water partition coefficient (Wildman–Crippen LogP) is 1.18. The van der Waals surface area contributed by atoms with Gasteiger partial charge in [0, 0.05) is 17.1 Å². The zero-order valence-electron chi connectivity index (χ0n) is 6.90. The molecule has 3 heteroatoms. The van der Waals surface area contributed by atoms with Crippen LogP contribution in [0.3, 0.4) is 0 Å². The van der Waals surface area contributed by atoms with Crippen molar-refractivity contribution in [2.45, 2.75) is 0 Å². The van der Waals surface area contributed by atoms with Crippen molar-refractivity contribution in [3.63, 3.8) is 0 Å². The fourth-order valence-corrected chi connectivity index (χ4v) is 1.23. The van der Waals surface area contributed by atoms with Crippen molar-refractivity contribution < 1.29 is 0 Å². The molecule has 2 aromatic rings. The summed E-state index contributed by atoms with van der Waals surface area (Å²) in [7, 11) is 0. The van der Waals surface area contributed by atoms with Crippen LogP contribution in [0.15, 0.2) is 41.2 Å². The van der Waals surface area contributed by atoms with Crippen LogP contribution in [0.2, 0.25) is 0 Å². The van der Waals surface area contributed by atoms with Gasteiger partial charge in [-0.05, 0) is 12.1 Å². The van der Waals surface area contributed by atoms with Crippen LogP contribution in [0.5, 0.6) is 0 Å². The smallest absolute Gasteiger partial charge is 0.270 e. The van der Waals surface area contributed by atoms with Gasteiger partial charge in [0.15, 0.2) is 0 Å². The number of nitrogens with zero attached hydrogens (tertiary/aromatic N) is 1. The molecule has 0 spiro atoms. The topological polar surface area (TPSA) is 56.0 Å². The second-order valence-electron chi connectivity index (χ2n) is 2.76. The zero-order valence-corrected chi connectivity index (χ0v) is 6.90. The van der Waals surface area contributed by atoms with Crippen molar-refractivity contribution >= 4 is 16.6 Å².